The molecule has 0 spiro atoms. The third-order valence-corrected chi connectivity index (χ3v) is 0. The zero-order valence-corrected chi connectivity index (χ0v) is 6.41. The van der Waals surface area contributed by atoms with Gasteiger partial charge in [-0.1, -0.05) is 0 Å². The fraction of sp³-hybridized carbons (Fsp3) is 0. The molecule has 6 heavy (non-hydrogen) atoms. The average molecular weight is 272 g/mol. The summed E-state index contributed by atoms with van der Waals surface area (Å²) in [6, 6.07) is 0. The Labute approximate surface area is 77.7 Å². The summed E-state index contributed by atoms with van der Waals surface area (Å²) < 4.78 is 0. The van der Waals surface area contributed by atoms with Crippen molar-refractivity contribution >= 4 is 67.7 Å². The predicted molar refractivity (Wildman–Crippen MR) is 30.6 cm³/mol. The van der Waals surface area contributed by atoms with Crippen LogP contribution in [0.25, 0.3) is 0 Å². The summed E-state index contributed by atoms with van der Waals surface area (Å²) in [6.45, 7) is 0. The van der Waals surface area contributed by atoms with Crippen LogP contribution in [0.2, 0.25) is 0 Å². The minimum atomic E-state index is -2.81. The van der Waals surface area contributed by atoms with E-state index in [9.17, 15) is 0 Å². The second-order valence-corrected chi connectivity index (χ2v) is 14.4. The molecule has 0 unspecified atom stereocenters. The van der Waals surface area contributed by atoms with E-state index in [0.717, 1.165) is 0 Å². The molecule has 0 aromatic carbocycles. The molecule has 0 fully saturated rings. The van der Waals surface area contributed by atoms with E-state index in [1.807, 2.05) is 0 Å². The van der Waals surface area contributed by atoms with Crippen LogP contribution in [-0.4, -0.2) is 29.6 Å². The molecule has 0 aromatic rings. The van der Waals surface area contributed by atoms with E-state index in [0.29, 0.717) is 0 Å². The maximum atomic E-state index is 4.98. The van der Waals surface area contributed by atoms with E-state index >= 15 is 0 Å². The topological polar surface area (TPSA) is 0 Å². The Balaban J connectivity index is 0. The van der Waals surface area contributed by atoms with Crippen LogP contribution in [0, 0.1) is 0 Å². The summed E-state index contributed by atoms with van der Waals surface area (Å²) in [5.41, 5.74) is 0. The van der Waals surface area contributed by atoms with Gasteiger partial charge in [-0.25, -0.2) is 0 Å². The number of rotatable bonds is 0. The van der Waals surface area contributed by atoms with Crippen LogP contribution in [0.5, 0.6) is 0 Å². The average Bonchev–Trinajstić information content (AvgIpc) is 0.722. The van der Waals surface area contributed by atoms with Gasteiger partial charge in [0.1, 0.15) is 0 Å². The zero-order valence-electron chi connectivity index (χ0n) is 1.83. The van der Waals surface area contributed by atoms with Crippen LogP contribution in [0.1, 0.15) is 0 Å². The van der Waals surface area contributed by atoms with Gasteiger partial charge in [0.15, 0.2) is 0 Å². The van der Waals surface area contributed by atoms with Crippen LogP contribution in [-0.2, 0) is 11.5 Å². The van der Waals surface area contributed by atoms with Crippen LogP contribution in [0.4, 0.5) is 0 Å². The molecular formula is HCl4NaPd. The molecule has 6 heteroatoms. The quantitative estimate of drug-likeness (QED) is 0.592. The van der Waals surface area contributed by atoms with E-state index in [4.69, 9.17) is 38.1 Å². The Morgan fingerprint density at radius 3 is 0.833 bits per heavy atom. The Hall–Kier alpha value is 2.82. The molecular weight excluding hydrogens is 271 g/mol. The Morgan fingerprint density at radius 1 is 0.833 bits per heavy atom. The van der Waals surface area contributed by atoms with Crippen molar-refractivity contribution < 1.29 is 11.5 Å². The molecule has 0 N–H and O–H groups in total. The van der Waals surface area contributed by atoms with E-state index in [2.05, 4.69) is 0 Å². The molecule has 0 nitrogen and oxygen atoms in total. The maximum absolute atomic E-state index is 4.98. The monoisotopic (exact) mass is 270 g/mol. The van der Waals surface area contributed by atoms with E-state index in [1.165, 1.54) is 0 Å². The second kappa shape index (κ2) is 4.68. The molecule has 0 heterocycles. The fourth-order valence-corrected chi connectivity index (χ4v) is 0. The van der Waals surface area contributed by atoms with Crippen molar-refractivity contribution in [1.82, 2.24) is 0 Å². The van der Waals surface area contributed by atoms with E-state index in [-0.39, 0.29) is 29.6 Å². The molecule has 0 saturated heterocycles. The molecule has 0 rings (SSSR count). The number of hydrogen-bond acceptors (Lipinski definition) is 0. The number of hydrogen-bond donors (Lipinski definition) is 0. The molecule has 0 bridgehead atoms. The summed E-state index contributed by atoms with van der Waals surface area (Å²) in [4.78, 5) is 0. The Morgan fingerprint density at radius 2 is 0.833 bits per heavy atom. The van der Waals surface area contributed by atoms with E-state index < -0.39 is 11.5 Å². The predicted octanol–water partition coefficient (Wildman–Crippen LogP) is 2.11. The first kappa shape index (κ1) is 11.6. The number of halogens is 4. The standard InChI is InChI=1S/4ClH.Na.Pd.H/h4*1H;;;/q;;;;;+4;/p-4. The third-order valence-electron chi connectivity index (χ3n) is 0. The van der Waals surface area contributed by atoms with Crippen LogP contribution >= 0.6 is 38.1 Å². The first-order valence-corrected chi connectivity index (χ1v) is 8.49. The minimum absolute atomic E-state index is 0. The molecule has 40 valence electrons. The molecule has 0 radical (unpaired) electrons. The second-order valence-electron chi connectivity index (χ2n) is 0.271. The molecule has 0 saturated carbocycles. The van der Waals surface area contributed by atoms with Gasteiger partial charge in [0.05, 0.1) is 0 Å². The van der Waals surface area contributed by atoms with Gasteiger partial charge in [0.25, 0.3) is 0 Å². The first-order valence-electron chi connectivity index (χ1n) is 0.478. The van der Waals surface area contributed by atoms with Crippen LogP contribution in [0.15, 0.2) is 0 Å². The SMILES string of the molecule is [Cl][Pd]([Cl])([Cl])[Cl].[NaH]. The van der Waals surface area contributed by atoms with Gasteiger partial charge in [0, 0.05) is 0 Å². The van der Waals surface area contributed by atoms with Crippen molar-refractivity contribution in [2.45, 2.75) is 0 Å². The Bertz CT molecular complexity index is 23.0. The van der Waals surface area contributed by atoms with Crippen molar-refractivity contribution in [3.8, 4) is 0 Å². The normalized spacial score (nSPS) is 12.7. The van der Waals surface area contributed by atoms with Crippen molar-refractivity contribution in [3.05, 3.63) is 0 Å². The third kappa shape index (κ3) is 29.0. The van der Waals surface area contributed by atoms with Gasteiger partial charge in [-0.15, -0.1) is 0 Å². The fourth-order valence-electron chi connectivity index (χ4n) is 0. The van der Waals surface area contributed by atoms with Gasteiger partial charge < -0.3 is 0 Å². The summed E-state index contributed by atoms with van der Waals surface area (Å²) in [7, 11) is 19.9. The molecule has 0 atom stereocenters. The molecule has 0 aromatic heterocycles. The summed E-state index contributed by atoms with van der Waals surface area (Å²) in [5, 5.41) is 0. The summed E-state index contributed by atoms with van der Waals surface area (Å²) in [6.07, 6.45) is 0. The van der Waals surface area contributed by atoms with Gasteiger partial charge >= 0.3 is 79.1 Å². The molecule has 0 aliphatic heterocycles. The van der Waals surface area contributed by atoms with Gasteiger partial charge in [0.2, 0.25) is 0 Å². The summed E-state index contributed by atoms with van der Waals surface area (Å²) in [5.74, 6) is 0. The van der Waals surface area contributed by atoms with Crippen molar-refractivity contribution in [2.24, 2.45) is 0 Å². The Kier molecular flexibility index (Phi) is 9.04. The van der Waals surface area contributed by atoms with Crippen LogP contribution < -0.4 is 0 Å². The van der Waals surface area contributed by atoms with Gasteiger partial charge in [-0.2, -0.15) is 0 Å². The molecule has 0 aliphatic carbocycles. The zero-order chi connectivity index (χ0) is 4.50. The summed E-state index contributed by atoms with van der Waals surface area (Å²) >= 11 is -2.81. The molecule has 0 amide bonds. The van der Waals surface area contributed by atoms with Gasteiger partial charge in [-0.3, -0.25) is 0 Å². The van der Waals surface area contributed by atoms with Crippen molar-refractivity contribution in [1.29, 1.82) is 0 Å². The van der Waals surface area contributed by atoms with Gasteiger partial charge in [-0.05, 0) is 0 Å². The van der Waals surface area contributed by atoms with E-state index in [1.54, 1.807) is 0 Å². The molecule has 0 aliphatic rings. The van der Waals surface area contributed by atoms with Crippen molar-refractivity contribution in [3.63, 3.8) is 0 Å². The van der Waals surface area contributed by atoms with Crippen molar-refractivity contribution in [2.75, 3.05) is 0 Å². The first-order chi connectivity index (χ1) is 2.00. The van der Waals surface area contributed by atoms with Crippen LogP contribution in [0.3, 0.4) is 0 Å².